The molecule has 3 heteroatoms. The van der Waals surface area contributed by atoms with E-state index in [2.05, 4.69) is 10.3 Å². The van der Waals surface area contributed by atoms with Crippen LogP contribution in [-0.2, 0) is 12.1 Å². The van der Waals surface area contributed by atoms with Gasteiger partial charge < -0.3 is 15.4 Å². The van der Waals surface area contributed by atoms with Gasteiger partial charge in [0.25, 0.3) is 0 Å². The van der Waals surface area contributed by atoms with Gasteiger partial charge in [0.1, 0.15) is 0 Å². The summed E-state index contributed by atoms with van der Waals surface area (Å²) in [5.74, 6) is 0. The van der Waals surface area contributed by atoms with Crippen molar-refractivity contribution in [2.75, 3.05) is 6.61 Å². The first-order chi connectivity index (χ1) is 8.24. The molecular formula is C14H18N2O. The lowest BCUT2D eigenvalue weighted by Gasteiger charge is -2.29. The molecule has 1 atom stereocenters. The summed E-state index contributed by atoms with van der Waals surface area (Å²) in [6, 6.07) is 12.0. The van der Waals surface area contributed by atoms with Gasteiger partial charge in [0.2, 0.25) is 0 Å². The summed E-state index contributed by atoms with van der Waals surface area (Å²) in [6.45, 7) is 2.81. The molecule has 0 aliphatic heterocycles. The van der Waals surface area contributed by atoms with Gasteiger partial charge in [0.15, 0.2) is 0 Å². The van der Waals surface area contributed by atoms with E-state index < -0.39 is 5.54 Å². The molecule has 1 unspecified atom stereocenters. The average molecular weight is 230 g/mol. The predicted octanol–water partition coefficient (Wildman–Crippen LogP) is 2.01. The molecular weight excluding hydrogens is 212 g/mol. The van der Waals surface area contributed by atoms with Crippen LogP contribution in [0.4, 0.5) is 0 Å². The molecule has 2 aromatic rings. The van der Waals surface area contributed by atoms with Crippen molar-refractivity contribution in [2.45, 2.75) is 19.0 Å². The monoisotopic (exact) mass is 230 g/mol. The zero-order chi connectivity index (χ0) is 12.1. The SMILES string of the molecule is CC(CO)(NCc1cc[nH]c1)c1ccccc1. The number of aromatic amines is 1. The molecule has 0 amide bonds. The minimum Gasteiger partial charge on any atom is -0.394 e. The highest BCUT2D eigenvalue weighted by molar-refractivity contribution is 5.24. The van der Waals surface area contributed by atoms with E-state index in [9.17, 15) is 5.11 Å². The van der Waals surface area contributed by atoms with Crippen LogP contribution < -0.4 is 5.32 Å². The minimum atomic E-state index is -0.404. The van der Waals surface area contributed by atoms with E-state index in [1.54, 1.807) is 0 Å². The second-order valence-corrected chi connectivity index (χ2v) is 4.43. The Labute approximate surface area is 102 Å². The van der Waals surface area contributed by atoms with Crippen LogP contribution in [0.5, 0.6) is 0 Å². The Hall–Kier alpha value is -1.58. The lowest BCUT2D eigenvalue weighted by molar-refractivity contribution is 0.173. The van der Waals surface area contributed by atoms with E-state index in [0.29, 0.717) is 0 Å². The van der Waals surface area contributed by atoms with Crippen LogP contribution in [0.15, 0.2) is 48.8 Å². The molecule has 2 rings (SSSR count). The van der Waals surface area contributed by atoms with Gasteiger partial charge in [-0.2, -0.15) is 0 Å². The number of H-pyrrole nitrogens is 1. The molecule has 0 aliphatic rings. The average Bonchev–Trinajstić information content (AvgIpc) is 2.90. The summed E-state index contributed by atoms with van der Waals surface area (Å²) in [5.41, 5.74) is 1.87. The van der Waals surface area contributed by atoms with Crippen LogP contribution in [0.3, 0.4) is 0 Å². The van der Waals surface area contributed by atoms with Crippen LogP contribution in [0, 0.1) is 0 Å². The zero-order valence-corrected chi connectivity index (χ0v) is 9.98. The number of rotatable bonds is 5. The number of aliphatic hydroxyl groups excluding tert-OH is 1. The maximum absolute atomic E-state index is 9.60. The number of hydrogen-bond donors (Lipinski definition) is 3. The second kappa shape index (κ2) is 5.17. The van der Waals surface area contributed by atoms with Gasteiger partial charge in [-0.05, 0) is 24.1 Å². The number of aliphatic hydroxyl groups is 1. The van der Waals surface area contributed by atoms with Gasteiger partial charge in [-0.25, -0.2) is 0 Å². The standard InChI is InChI=1S/C14H18N2O/c1-14(11-17,13-5-3-2-4-6-13)16-10-12-7-8-15-9-12/h2-9,15-17H,10-11H2,1H3. The first kappa shape index (κ1) is 11.9. The van der Waals surface area contributed by atoms with Crippen molar-refractivity contribution in [3.8, 4) is 0 Å². The van der Waals surface area contributed by atoms with Crippen molar-refractivity contribution in [1.82, 2.24) is 10.3 Å². The fraction of sp³-hybridized carbons (Fsp3) is 0.286. The van der Waals surface area contributed by atoms with Gasteiger partial charge in [0, 0.05) is 18.9 Å². The fourth-order valence-electron chi connectivity index (χ4n) is 1.82. The van der Waals surface area contributed by atoms with Crippen LogP contribution in [0.2, 0.25) is 0 Å². The molecule has 0 radical (unpaired) electrons. The number of nitrogens with one attached hydrogen (secondary N) is 2. The number of hydrogen-bond acceptors (Lipinski definition) is 2. The normalized spacial score (nSPS) is 14.5. The highest BCUT2D eigenvalue weighted by atomic mass is 16.3. The lowest BCUT2D eigenvalue weighted by Crippen LogP contribution is -2.42. The van der Waals surface area contributed by atoms with Crippen molar-refractivity contribution < 1.29 is 5.11 Å². The Balaban J connectivity index is 2.09. The van der Waals surface area contributed by atoms with Crippen molar-refractivity contribution in [2.24, 2.45) is 0 Å². The number of aromatic nitrogens is 1. The molecule has 17 heavy (non-hydrogen) atoms. The summed E-state index contributed by atoms with van der Waals surface area (Å²) >= 11 is 0. The molecule has 1 heterocycles. The Morgan fingerprint density at radius 1 is 1.24 bits per heavy atom. The van der Waals surface area contributed by atoms with Crippen molar-refractivity contribution >= 4 is 0 Å². The summed E-state index contributed by atoms with van der Waals surface area (Å²) in [4.78, 5) is 3.02. The third-order valence-electron chi connectivity index (χ3n) is 3.07. The number of benzene rings is 1. The van der Waals surface area contributed by atoms with Crippen molar-refractivity contribution in [1.29, 1.82) is 0 Å². The van der Waals surface area contributed by atoms with Gasteiger partial charge >= 0.3 is 0 Å². The largest absolute Gasteiger partial charge is 0.394 e. The highest BCUT2D eigenvalue weighted by Gasteiger charge is 2.24. The molecule has 0 saturated heterocycles. The van der Waals surface area contributed by atoms with Crippen molar-refractivity contribution in [3.63, 3.8) is 0 Å². The van der Waals surface area contributed by atoms with Crippen LogP contribution in [-0.4, -0.2) is 16.7 Å². The summed E-state index contributed by atoms with van der Waals surface area (Å²) in [5, 5.41) is 13.0. The molecule has 1 aromatic heterocycles. The Morgan fingerprint density at radius 2 is 2.00 bits per heavy atom. The maximum Gasteiger partial charge on any atom is 0.0652 e. The Bertz CT molecular complexity index is 439. The molecule has 1 aromatic carbocycles. The molecule has 0 spiro atoms. The lowest BCUT2D eigenvalue weighted by atomic mass is 9.93. The first-order valence-corrected chi connectivity index (χ1v) is 5.78. The fourth-order valence-corrected chi connectivity index (χ4v) is 1.82. The summed E-state index contributed by atoms with van der Waals surface area (Å²) in [6.07, 6.45) is 3.85. The smallest absolute Gasteiger partial charge is 0.0652 e. The molecule has 3 nitrogen and oxygen atoms in total. The maximum atomic E-state index is 9.60. The van der Waals surface area contributed by atoms with E-state index in [1.165, 1.54) is 5.56 Å². The molecule has 0 fully saturated rings. The Kier molecular flexibility index (Phi) is 3.61. The minimum absolute atomic E-state index is 0.0709. The topological polar surface area (TPSA) is 48.0 Å². The highest BCUT2D eigenvalue weighted by Crippen LogP contribution is 2.20. The van der Waals surface area contributed by atoms with Crippen molar-refractivity contribution in [3.05, 3.63) is 59.9 Å². The summed E-state index contributed by atoms with van der Waals surface area (Å²) < 4.78 is 0. The molecule has 0 bridgehead atoms. The Morgan fingerprint density at radius 3 is 2.59 bits per heavy atom. The van der Waals surface area contributed by atoms with Gasteiger partial charge in [-0.3, -0.25) is 0 Å². The zero-order valence-electron chi connectivity index (χ0n) is 9.98. The van der Waals surface area contributed by atoms with Gasteiger partial charge in [-0.1, -0.05) is 30.3 Å². The summed E-state index contributed by atoms with van der Waals surface area (Å²) in [7, 11) is 0. The van der Waals surface area contributed by atoms with E-state index in [0.717, 1.165) is 12.1 Å². The van der Waals surface area contributed by atoms with Crippen LogP contribution in [0.25, 0.3) is 0 Å². The third-order valence-corrected chi connectivity index (χ3v) is 3.07. The molecule has 0 saturated carbocycles. The molecule has 0 aliphatic carbocycles. The quantitative estimate of drug-likeness (QED) is 0.736. The predicted molar refractivity (Wildman–Crippen MR) is 68.5 cm³/mol. The van der Waals surface area contributed by atoms with E-state index in [-0.39, 0.29) is 6.61 Å². The first-order valence-electron chi connectivity index (χ1n) is 5.78. The van der Waals surface area contributed by atoms with E-state index in [1.807, 2.05) is 55.7 Å². The van der Waals surface area contributed by atoms with E-state index >= 15 is 0 Å². The molecule has 90 valence electrons. The van der Waals surface area contributed by atoms with Gasteiger partial charge in [0.05, 0.1) is 12.1 Å². The third kappa shape index (κ3) is 2.75. The second-order valence-electron chi connectivity index (χ2n) is 4.43. The van der Waals surface area contributed by atoms with E-state index in [4.69, 9.17) is 0 Å². The van der Waals surface area contributed by atoms with Gasteiger partial charge in [-0.15, -0.1) is 0 Å². The molecule has 3 N–H and O–H groups in total. The van der Waals surface area contributed by atoms with Crippen LogP contribution in [0.1, 0.15) is 18.1 Å². The van der Waals surface area contributed by atoms with Crippen LogP contribution >= 0.6 is 0 Å².